The average Bonchev–Trinajstić information content (AvgIpc) is 3.12. The van der Waals surface area contributed by atoms with Gasteiger partial charge in [0.15, 0.2) is 5.54 Å². The van der Waals surface area contributed by atoms with Crippen molar-refractivity contribution in [1.82, 2.24) is 4.90 Å². The summed E-state index contributed by atoms with van der Waals surface area (Å²) in [5.74, 6) is -0.178. The van der Waals surface area contributed by atoms with Crippen molar-refractivity contribution in [1.29, 1.82) is 0 Å². The molecule has 0 radical (unpaired) electrons. The summed E-state index contributed by atoms with van der Waals surface area (Å²) in [6.45, 7) is 2.74. The number of likely N-dealkylation sites (tertiary alicyclic amines) is 1. The van der Waals surface area contributed by atoms with Crippen molar-refractivity contribution in [3.8, 4) is 5.75 Å². The molecule has 0 aliphatic carbocycles. The van der Waals surface area contributed by atoms with Crippen LogP contribution >= 0.6 is 0 Å². The molecule has 2 aromatic rings. The van der Waals surface area contributed by atoms with Gasteiger partial charge in [0.05, 0.1) is 12.5 Å². The van der Waals surface area contributed by atoms with E-state index in [1.165, 1.54) is 0 Å². The van der Waals surface area contributed by atoms with Gasteiger partial charge in [-0.15, -0.1) is 0 Å². The number of carbonyl (C=O) groups is 1. The van der Waals surface area contributed by atoms with Gasteiger partial charge >= 0.3 is 0 Å². The quantitative estimate of drug-likeness (QED) is 0.663. The molecule has 4 rings (SSSR count). The summed E-state index contributed by atoms with van der Waals surface area (Å²) >= 11 is 0. The number of benzene rings is 2. The zero-order valence-electron chi connectivity index (χ0n) is 15.2. The first-order valence-electron chi connectivity index (χ1n) is 8.99. The first kappa shape index (κ1) is 17.5. The number of rotatable bonds is 4. The lowest BCUT2D eigenvalue weighted by molar-refractivity contribution is -0.534. The molecule has 3 atom stereocenters. The van der Waals surface area contributed by atoms with E-state index in [2.05, 4.69) is 5.32 Å². The molecule has 2 aliphatic rings. The molecule has 7 heteroatoms. The fourth-order valence-corrected chi connectivity index (χ4v) is 4.63. The summed E-state index contributed by atoms with van der Waals surface area (Å²) in [7, 11) is 1.78. The SMILES string of the molecule is CCOc1ccccc1[C@@H]1CN(C)[C@]2(C(=O)Nc3ccccc32)[C@H]1[N+](=O)[O-]. The topological polar surface area (TPSA) is 84.7 Å². The maximum atomic E-state index is 13.1. The molecular weight excluding hydrogens is 346 g/mol. The smallest absolute Gasteiger partial charge is 0.256 e. The van der Waals surface area contributed by atoms with Crippen LogP contribution in [0.4, 0.5) is 5.69 Å². The summed E-state index contributed by atoms with van der Waals surface area (Å²) < 4.78 is 5.72. The third kappa shape index (κ3) is 2.35. The molecule has 1 fully saturated rings. The van der Waals surface area contributed by atoms with Gasteiger partial charge in [-0.2, -0.15) is 0 Å². The molecule has 1 spiro atoms. The molecule has 2 heterocycles. The van der Waals surface area contributed by atoms with Crippen molar-refractivity contribution in [2.75, 3.05) is 25.5 Å². The Kier molecular flexibility index (Phi) is 4.11. The number of para-hydroxylation sites is 2. The van der Waals surface area contributed by atoms with Crippen molar-refractivity contribution < 1.29 is 14.5 Å². The average molecular weight is 367 g/mol. The summed E-state index contributed by atoms with van der Waals surface area (Å²) in [5, 5.41) is 15.1. The van der Waals surface area contributed by atoms with E-state index in [1.807, 2.05) is 48.2 Å². The monoisotopic (exact) mass is 367 g/mol. The molecule has 0 unspecified atom stereocenters. The van der Waals surface area contributed by atoms with Crippen molar-refractivity contribution in [3.05, 3.63) is 69.8 Å². The van der Waals surface area contributed by atoms with Gasteiger partial charge < -0.3 is 10.1 Å². The Morgan fingerprint density at radius 3 is 2.70 bits per heavy atom. The third-order valence-corrected chi connectivity index (χ3v) is 5.66. The van der Waals surface area contributed by atoms with Crippen molar-refractivity contribution in [2.45, 2.75) is 24.4 Å². The number of carbonyl (C=O) groups excluding carboxylic acids is 1. The first-order valence-corrected chi connectivity index (χ1v) is 8.99. The molecule has 1 N–H and O–H groups in total. The van der Waals surface area contributed by atoms with E-state index in [9.17, 15) is 14.9 Å². The maximum Gasteiger partial charge on any atom is 0.256 e. The molecular formula is C20H21N3O4. The third-order valence-electron chi connectivity index (χ3n) is 5.66. The Morgan fingerprint density at radius 1 is 1.26 bits per heavy atom. The van der Waals surface area contributed by atoms with E-state index >= 15 is 0 Å². The summed E-state index contributed by atoms with van der Waals surface area (Å²) in [4.78, 5) is 26.9. The summed E-state index contributed by atoms with van der Waals surface area (Å²) in [6.07, 6.45) is 0. The number of nitro groups is 1. The second-order valence-corrected chi connectivity index (χ2v) is 6.95. The summed E-state index contributed by atoms with van der Waals surface area (Å²) in [5.41, 5.74) is 0.738. The minimum Gasteiger partial charge on any atom is -0.494 e. The number of likely N-dealkylation sites (N-methyl/N-ethyl adjacent to an activating group) is 1. The van der Waals surface area contributed by atoms with Gasteiger partial charge in [0.2, 0.25) is 0 Å². The number of hydrogen-bond donors (Lipinski definition) is 1. The van der Waals surface area contributed by atoms with E-state index in [0.717, 1.165) is 5.56 Å². The van der Waals surface area contributed by atoms with Gasteiger partial charge in [0.25, 0.3) is 11.9 Å². The highest BCUT2D eigenvalue weighted by Gasteiger charge is 2.68. The Balaban J connectivity index is 1.90. The van der Waals surface area contributed by atoms with Gasteiger partial charge in [-0.25, -0.2) is 0 Å². The number of fused-ring (bicyclic) bond motifs is 2. The minimum absolute atomic E-state index is 0.307. The predicted molar refractivity (Wildman–Crippen MR) is 101 cm³/mol. The van der Waals surface area contributed by atoms with Crippen LogP contribution in [0.2, 0.25) is 0 Å². The minimum atomic E-state index is -1.33. The Bertz CT molecular complexity index is 916. The molecule has 0 saturated carbocycles. The van der Waals surface area contributed by atoms with Crippen LogP contribution < -0.4 is 10.1 Å². The molecule has 0 bridgehead atoms. The van der Waals surface area contributed by atoms with Crippen LogP contribution in [0.3, 0.4) is 0 Å². The number of nitrogens with zero attached hydrogens (tertiary/aromatic N) is 2. The number of amides is 1. The summed E-state index contributed by atoms with van der Waals surface area (Å²) in [6, 6.07) is 13.5. The molecule has 2 aliphatic heterocycles. The van der Waals surface area contributed by atoms with Crippen molar-refractivity contribution in [3.63, 3.8) is 0 Å². The number of nitrogens with one attached hydrogen (secondary N) is 1. The molecule has 7 nitrogen and oxygen atoms in total. The largest absolute Gasteiger partial charge is 0.494 e. The van der Waals surface area contributed by atoms with Crippen LogP contribution in [-0.2, 0) is 10.3 Å². The van der Waals surface area contributed by atoms with Gasteiger partial charge in [0.1, 0.15) is 5.75 Å². The maximum absolute atomic E-state index is 13.1. The van der Waals surface area contributed by atoms with Gasteiger partial charge in [-0.1, -0.05) is 36.4 Å². The van der Waals surface area contributed by atoms with Gasteiger partial charge in [0, 0.05) is 28.3 Å². The Morgan fingerprint density at radius 2 is 1.96 bits per heavy atom. The highest BCUT2D eigenvalue weighted by atomic mass is 16.6. The van der Waals surface area contributed by atoms with E-state index in [1.54, 1.807) is 19.2 Å². The lowest BCUT2D eigenvalue weighted by Crippen LogP contribution is -2.54. The fourth-order valence-electron chi connectivity index (χ4n) is 4.63. The van der Waals surface area contributed by atoms with Crippen LogP contribution in [0.5, 0.6) is 5.75 Å². The highest BCUT2D eigenvalue weighted by Crippen LogP contribution is 2.52. The molecule has 27 heavy (non-hydrogen) atoms. The number of hydrogen-bond acceptors (Lipinski definition) is 5. The molecule has 1 amide bonds. The zero-order chi connectivity index (χ0) is 19.2. The first-order chi connectivity index (χ1) is 13.0. The van der Waals surface area contributed by atoms with Gasteiger partial charge in [-0.05, 0) is 26.1 Å². The second-order valence-electron chi connectivity index (χ2n) is 6.95. The second kappa shape index (κ2) is 6.35. The zero-order valence-corrected chi connectivity index (χ0v) is 15.2. The van der Waals surface area contributed by atoms with Crippen molar-refractivity contribution in [2.24, 2.45) is 0 Å². The van der Waals surface area contributed by atoms with E-state index in [0.29, 0.717) is 30.2 Å². The van der Waals surface area contributed by atoms with E-state index in [-0.39, 0.29) is 10.8 Å². The predicted octanol–water partition coefficient (Wildman–Crippen LogP) is 2.61. The lowest BCUT2D eigenvalue weighted by Gasteiger charge is -2.30. The van der Waals surface area contributed by atoms with E-state index < -0.39 is 17.5 Å². The standard InChI is InChI=1S/C20H21N3O4/c1-3-27-17-11-7-4-8-13(17)14-12-22(2)20(18(14)23(25)26)15-9-5-6-10-16(15)21-19(20)24/h4-11,14,18H,3,12H2,1-2H3,(H,21,24)/t14-,18-,20-/m0/s1. The fraction of sp³-hybridized carbons (Fsp3) is 0.350. The van der Waals surface area contributed by atoms with Crippen LogP contribution in [0.25, 0.3) is 0 Å². The Labute approximate surface area is 157 Å². The number of anilines is 1. The van der Waals surface area contributed by atoms with E-state index in [4.69, 9.17) is 4.74 Å². The van der Waals surface area contributed by atoms with Crippen LogP contribution in [0.1, 0.15) is 24.0 Å². The van der Waals surface area contributed by atoms with Crippen molar-refractivity contribution >= 4 is 11.6 Å². The van der Waals surface area contributed by atoms with Crippen LogP contribution in [0.15, 0.2) is 48.5 Å². The highest BCUT2D eigenvalue weighted by molar-refractivity contribution is 6.06. The Hall–Kier alpha value is -2.93. The normalized spacial score (nSPS) is 26.8. The molecule has 2 aromatic carbocycles. The molecule has 1 saturated heterocycles. The van der Waals surface area contributed by atoms with Gasteiger partial charge in [-0.3, -0.25) is 19.8 Å². The molecule has 0 aromatic heterocycles. The van der Waals surface area contributed by atoms with Crippen LogP contribution in [0, 0.1) is 10.1 Å². The number of ether oxygens (including phenoxy) is 1. The molecule has 140 valence electrons. The van der Waals surface area contributed by atoms with Crippen LogP contribution in [-0.4, -0.2) is 42.0 Å². The lowest BCUT2D eigenvalue weighted by atomic mass is 9.79.